The minimum atomic E-state index is 0.501. The summed E-state index contributed by atoms with van der Waals surface area (Å²) in [6.07, 6.45) is 4.38. The van der Waals surface area contributed by atoms with Gasteiger partial charge in [0.05, 0.1) is 12.7 Å². The van der Waals surface area contributed by atoms with Gasteiger partial charge >= 0.3 is 0 Å². The Balaban J connectivity index is 1.87. The van der Waals surface area contributed by atoms with Gasteiger partial charge < -0.3 is 10.1 Å². The zero-order chi connectivity index (χ0) is 10.7. The van der Waals surface area contributed by atoms with Gasteiger partial charge in [0.25, 0.3) is 0 Å². The van der Waals surface area contributed by atoms with Gasteiger partial charge in [-0.25, -0.2) is 0 Å². The molecule has 1 aliphatic heterocycles. The third kappa shape index (κ3) is 2.60. The molecule has 1 saturated carbocycles. The van der Waals surface area contributed by atoms with Crippen LogP contribution < -0.4 is 5.32 Å². The summed E-state index contributed by atoms with van der Waals surface area (Å²) in [6, 6.07) is 0.660. The van der Waals surface area contributed by atoms with E-state index in [0.717, 1.165) is 26.2 Å². The molecule has 0 aromatic rings. The van der Waals surface area contributed by atoms with E-state index in [4.69, 9.17) is 4.74 Å². The van der Waals surface area contributed by atoms with Crippen LogP contribution in [0, 0.1) is 0 Å². The lowest BCUT2D eigenvalue weighted by atomic mass is 10.1. The Kier molecular flexibility index (Phi) is 3.78. The monoisotopic (exact) mass is 210 g/mol. The highest BCUT2D eigenvalue weighted by Crippen LogP contribution is 2.29. The quantitative estimate of drug-likeness (QED) is 0.701. The molecule has 0 aromatic heterocycles. The second-order valence-corrected chi connectivity index (χ2v) is 4.66. The molecule has 15 heavy (non-hydrogen) atoms. The Morgan fingerprint density at radius 3 is 3.20 bits per heavy atom. The van der Waals surface area contributed by atoms with E-state index < -0.39 is 0 Å². The molecule has 2 aliphatic rings. The fourth-order valence-corrected chi connectivity index (χ4v) is 2.80. The van der Waals surface area contributed by atoms with E-state index in [-0.39, 0.29) is 0 Å². The molecule has 2 fully saturated rings. The van der Waals surface area contributed by atoms with Gasteiger partial charge in [-0.05, 0) is 31.9 Å². The molecule has 0 amide bonds. The van der Waals surface area contributed by atoms with E-state index in [1.165, 1.54) is 24.8 Å². The van der Waals surface area contributed by atoms with Crippen LogP contribution in [0.25, 0.3) is 0 Å². The van der Waals surface area contributed by atoms with Gasteiger partial charge in [0.2, 0.25) is 0 Å². The van der Waals surface area contributed by atoms with Gasteiger partial charge in [0, 0.05) is 25.7 Å². The van der Waals surface area contributed by atoms with Crippen molar-refractivity contribution in [3.05, 3.63) is 12.2 Å². The molecular formula is C12H22N2O. The van der Waals surface area contributed by atoms with E-state index in [1.54, 1.807) is 0 Å². The predicted molar refractivity (Wildman–Crippen MR) is 62.0 cm³/mol. The maximum Gasteiger partial charge on any atom is 0.0731 e. The molecule has 0 bridgehead atoms. The van der Waals surface area contributed by atoms with Crippen LogP contribution >= 0.6 is 0 Å². The highest BCUT2D eigenvalue weighted by Gasteiger charge is 2.35. The Hall–Kier alpha value is -0.380. The first-order valence-corrected chi connectivity index (χ1v) is 5.98. The van der Waals surface area contributed by atoms with E-state index in [0.29, 0.717) is 12.1 Å². The number of morpholine rings is 1. The SMILES string of the molecule is C=C(CNC)CN1CCOC2CCCC21. The van der Waals surface area contributed by atoms with Crippen molar-refractivity contribution in [2.45, 2.75) is 31.4 Å². The number of nitrogens with one attached hydrogen (secondary N) is 1. The van der Waals surface area contributed by atoms with Crippen molar-refractivity contribution in [1.82, 2.24) is 10.2 Å². The van der Waals surface area contributed by atoms with Gasteiger partial charge in [-0.3, -0.25) is 4.90 Å². The number of hydrogen-bond donors (Lipinski definition) is 1. The molecule has 2 unspecified atom stereocenters. The van der Waals surface area contributed by atoms with Crippen molar-refractivity contribution < 1.29 is 4.74 Å². The van der Waals surface area contributed by atoms with Crippen molar-refractivity contribution in [3.63, 3.8) is 0 Å². The second kappa shape index (κ2) is 5.10. The lowest BCUT2D eigenvalue weighted by molar-refractivity contribution is -0.0521. The fourth-order valence-electron chi connectivity index (χ4n) is 2.80. The molecule has 3 heteroatoms. The maximum atomic E-state index is 5.79. The van der Waals surface area contributed by atoms with Crippen LogP contribution in [0.5, 0.6) is 0 Å². The van der Waals surface area contributed by atoms with Gasteiger partial charge in [0.15, 0.2) is 0 Å². The lowest BCUT2D eigenvalue weighted by Crippen LogP contribution is -2.49. The minimum Gasteiger partial charge on any atom is -0.375 e. The second-order valence-electron chi connectivity index (χ2n) is 4.66. The highest BCUT2D eigenvalue weighted by atomic mass is 16.5. The van der Waals surface area contributed by atoms with E-state index in [1.807, 2.05) is 7.05 Å². The normalized spacial score (nSPS) is 31.5. The first-order valence-electron chi connectivity index (χ1n) is 5.98. The average molecular weight is 210 g/mol. The number of fused-ring (bicyclic) bond motifs is 1. The largest absolute Gasteiger partial charge is 0.375 e. The number of likely N-dealkylation sites (N-methyl/N-ethyl adjacent to an activating group) is 1. The standard InChI is InChI=1S/C12H22N2O/c1-10(8-13-2)9-14-6-7-15-12-5-3-4-11(12)14/h11-13H,1,3-9H2,2H3. The molecule has 1 heterocycles. The Morgan fingerprint density at radius 1 is 1.53 bits per heavy atom. The van der Waals surface area contributed by atoms with E-state index in [9.17, 15) is 0 Å². The molecule has 86 valence electrons. The summed E-state index contributed by atoms with van der Waals surface area (Å²) in [5, 5.41) is 3.16. The summed E-state index contributed by atoms with van der Waals surface area (Å²) in [5.74, 6) is 0. The molecule has 2 rings (SSSR count). The van der Waals surface area contributed by atoms with Crippen LogP contribution in [0.4, 0.5) is 0 Å². The van der Waals surface area contributed by atoms with Crippen molar-refractivity contribution in [2.24, 2.45) is 0 Å². The van der Waals surface area contributed by atoms with Crippen LogP contribution in [-0.4, -0.2) is 50.3 Å². The van der Waals surface area contributed by atoms with Gasteiger partial charge in [-0.2, -0.15) is 0 Å². The summed E-state index contributed by atoms with van der Waals surface area (Å²) in [6.45, 7) is 8.04. The van der Waals surface area contributed by atoms with Crippen LogP contribution in [0.2, 0.25) is 0 Å². The fraction of sp³-hybridized carbons (Fsp3) is 0.833. The average Bonchev–Trinajstić information content (AvgIpc) is 2.67. The summed E-state index contributed by atoms with van der Waals surface area (Å²) in [4.78, 5) is 2.56. The molecule has 0 radical (unpaired) electrons. The van der Waals surface area contributed by atoms with E-state index in [2.05, 4.69) is 16.8 Å². The Bertz CT molecular complexity index is 230. The minimum absolute atomic E-state index is 0.501. The predicted octanol–water partition coefficient (Wildman–Crippen LogP) is 1.02. The Labute approximate surface area is 92.5 Å². The molecular weight excluding hydrogens is 188 g/mol. The third-order valence-corrected chi connectivity index (χ3v) is 3.45. The topological polar surface area (TPSA) is 24.5 Å². The van der Waals surface area contributed by atoms with Gasteiger partial charge in [-0.15, -0.1) is 0 Å². The third-order valence-electron chi connectivity index (χ3n) is 3.45. The molecule has 3 nitrogen and oxygen atoms in total. The van der Waals surface area contributed by atoms with Crippen molar-refractivity contribution in [3.8, 4) is 0 Å². The summed E-state index contributed by atoms with van der Waals surface area (Å²) < 4.78 is 5.79. The van der Waals surface area contributed by atoms with Crippen LogP contribution in [-0.2, 0) is 4.74 Å². The molecule has 1 saturated heterocycles. The maximum absolute atomic E-state index is 5.79. The van der Waals surface area contributed by atoms with Crippen molar-refractivity contribution >= 4 is 0 Å². The van der Waals surface area contributed by atoms with Gasteiger partial charge in [-0.1, -0.05) is 6.58 Å². The Morgan fingerprint density at radius 2 is 2.40 bits per heavy atom. The van der Waals surface area contributed by atoms with Crippen LogP contribution in [0.1, 0.15) is 19.3 Å². The zero-order valence-corrected chi connectivity index (χ0v) is 9.67. The van der Waals surface area contributed by atoms with Crippen LogP contribution in [0.3, 0.4) is 0 Å². The number of rotatable bonds is 4. The number of hydrogen-bond acceptors (Lipinski definition) is 3. The zero-order valence-electron chi connectivity index (χ0n) is 9.67. The molecule has 2 atom stereocenters. The number of ether oxygens (including phenoxy) is 1. The smallest absolute Gasteiger partial charge is 0.0731 e. The van der Waals surface area contributed by atoms with Gasteiger partial charge in [0.1, 0.15) is 0 Å². The number of nitrogens with zero attached hydrogens (tertiary/aromatic N) is 1. The van der Waals surface area contributed by atoms with Crippen molar-refractivity contribution in [2.75, 3.05) is 33.3 Å². The van der Waals surface area contributed by atoms with E-state index >= 15 is 0 Å². The lowest BCUT2D eigenvalue weighted by Gasteiger charge is -2.38. The molecule has 1 aliphatic carbocycles. The first-order chi connectivity index (χ1) is 7.31. The summed E-state index contributed by atoms with van der Waals surface area (Å²) in [7, 11) is 1.98. The highest BCUT2D eigenvalue weighted by molar-refractivity contribution is 5.02. The van der Waals surface area contributed by atoms with Crippen molar-refractivity contribution in [1.29, 1.82) is 0 Å². The summed E-state index contributed by atoms with van der Waals surface area (Å²) in [5.41, 5.74) is 1.28. The summed E-state index contributed by atoms with van der Waals surface area (Å²) >= 11 is 0. The first kappa shape index (κ1) is 11.1. The molecule has 0 aromatic carbocycles. The van der Waals surface area contributed by atoms with Crippen LogP contribution in [0.15, 0.2) is 12.2 Å². The molecule has 0 spiro atoms. The molecule has 1 N–H and O–H groups in total.